The van der Waals surface area contributed by atoms with Crippen LogP contribution in [0.2, 0.25) is 0 Å². The van der Waals surface area contributed by atoms with Crippen molar-refractivity contribution in [2.75, 3.05) is 13.2 Å². The molecular formula is C19H21F2N5O3. The first-order chi connectivity index (χ1) is 14.0. The van der Waals surface area contributed by atoms with Crippen LogP contribution >= 0.6 is 0 Å². The van der Waals surface area contributed by atoms with Crippen LogP contribution in [-0.4, -0.2) is 51.2 Å². The van der Waals surface area contributed by atoms with Crippen LogP contribution < -0.4 is 5.32 Å². The molecule has 0 radical (unpaired) electrons. The van der Waals surface area contributed by atoms with Crippen molar-refractivity contribution in [3.63, 3.8) is 0 Å². The van der Waals surface area contributed by atoms with E-state index < -0.39 is 12.3 Å². The van der Waals surface area contributed by atoms with Crippen LogP contribution in [0.3, 0.4) is 0 Å². The number of hydrogen-bond acceptors (Lipinski definition) is 5. The van der Waals surface area contributed by atoms with E-state index >= 15 is 0 Å². The Hall–Kier alpha value is -2.88. The molecule has 2 N–H and O–H groups in total. The van der Waals surface area contributed by atoms with E-state index in [0.29, 0.717) is 32.7 Å². The lowest BCUT2D eigenvalue weighted by atomic mass is 10.0. The molecular weight excluding hydrogens is 384 g/mol. The molecule has 2 amide bonds. The predicted octanol–water partition coefficient (Wildman–Crippen LogP) is 1.74. The average molecular weight is 405 g/mol. The van der Waals surface area contributed by atoms with E-state index in [2.05, 4.69) is 20.5 Å². The largest absolute Gasteiger partial charge is 0.368 e. The Balaban J connectivity index is 1.40. The summed E-state index contributed by atoms with van der Waals surface area (Å²) in [6.45, 7) is 1.68. The van der Waals surface area contributed by atoms with E-state index in [1.165, 1.54) is 0 Å². The normalized spacial score (nSPS) is 18.7. The number of hydrogen-bond donors (Lipinski definition) is 2. The summed E-state index contributed by atoms with van der Waals surface area (Å²) in [5.41, 5.74) is 2.18. The lowest BCUT2D eigenvalue weighted by Crippen LogP contribution is -2.37. The molecule has 0 bridgehead atoms. The first kappa shape index (κ1) is 19.4. The third-order valence-corrected chi connectivity index (χ3v) is 5.12. The molecule has 4 heterocycles. The minimum absolute atomic E-state index is 0.0308. The second-order valence-electron chi connectivity index (χ2n) is 7.15. The van der Waals surface area contributed by atoms with Crippen LogP contribution in [0.25, 0.3) is 0 Å². The molecule has 4 rings (SSSR count). The van der Waals surface area contributed by atoms with E-state index in [1.54, 1.807) is 11.1 Å². The number of carbonyl (C=O) groups is 2. The van der Waals surface area contributed by atoms with E-state index in [4.69, 9.17) is 4.74 Å². The molecule has 2 aromatic heterocycles. The molecule has 2 aliphatic rings. The van der Waals surface area contributed by atoms with E-state index in [-0.39, 0.29) is 23.4 Å². The minimum Gasteiger partial charge on any atom is -0.368 e. The summed E-state index contributed by atoms with van der Waals surface area (Å²) < 4.78 is 30.8. The number of nitrogens with one attached hydrogen (secondary N) is 2. The minimum atomic E-state index is -2.71. The molecule has 0 saturated carbocycles. The molecule has 0 aliphatic carbocycles. The quantitative estimate of drug-likeness (QED) is 0.789. The van der Waals surface area contributed by atoms with E-state index in [0.717, 1.165) is 35.7 Å². The molecule has 1 atom stereocenters. The van der Waals surface area contributed by atoms with Gasteiger partial charge in [0.15, 0.2) is 5.69 Å². The second kappa shape index (κ2) is 8.24. The SMILES string of the molecule is O=C(NCc1cnc2c(c1)CN(C(=O)c1cc(C(F)F)[nH]n1)CC2)[C@@H]1CCCO1. The number of halogens is 2. The lowest BCUT2D eigenvalue weighted by molar-refractivity contribution is -0.130. The number of alkyl halides is 2. The summed E-state index contributed by atoms with van der Waals surface area (Å²) in [5.74, 6) is -0.540. The zero-order valence-corrected chi connectivity index (χ0v) is 15.7. The van der Waals surface area contributed by atoms with Crippen molar-refractivity contribution in [1.29, 1.82) is 0 Å². The fraction of sp³-hybridized carbons (Fsp3) is 0.474. The number of amides is 2. The maximum absolute atomic E-state index is 12.7. The summed E-state index contributed by atoms with van der Waals surface area (Å²) in [5, 5.41) is 8.75. The first-order valence-electron chi connectivity index (χ1n) is 9.50. The third kappa shape index (κ3) is 4.26. The van der Waals surface area contributed by atoms with Crippen LogP contribution in [-0.2, 0) is 29.0 Å². The monoisotopic (exact) mass is 405 g/mol. The Bertz CT molecular complexity index is 911. The fourth-order valence-corrected chi connectivity index (χ4v) is 3.55. The Kier molecular flexibility index (Phi) is 5.52. The van der Waals surface area contributed by atoms with Gasteiger partial charge in [-0.3, -0.25) is 19.7 Å². The molecule has 0 aromatic carbocycles. The van der Waals surface area contributed by atoms with Gasteiger partial charge in [0.25, 0.3) is 12.3 Å². The second-order valence-corrected chi connectivity index (χ2v) is 7.15. The van der Waals surface area contributed by atoms with Crippen molar-refractivity contribution < 1.29 is 23.1 Å². The van der Waals surface area contributed by atoms with Crippen LogP contribution in [0, 0.1) is 0 Å². The highest BCUT2D eigenvalue weighted by Gasteiger charge is 2.26. The third-order valence-electron chi connectivity index (χ3n) is 5.12. The van der Waals surface area contributed by atoms with Crippen LogP contribution in [0.15, 0.2) is 18.3 Å². The maximum Gasteiger partial charge on any atom is 0.279 e. The zero-order valence-electron chi connectivity index (χ0n) is 15.7. The lowest BCUT2D eigenvalue weighted by Gasteiger charge is -2.28. The van der Waals surface area contributed by atoms with Crippen molar-refractivity contribution in [1.82, 2.24) is 25.4 Å². The van der Waals surface area contributed by atoms with Crippen molar-refractivity contribution in [2.45, 2.75) is 44.9 Å². The summed E-state index contributed by atoms with van der Waals surface area (Å²) in [7, 11) is 0. The first-order valence-corrected chi connectivity index (χ1v) is 9.50. The molecule has 10 heteroatoms. The van der Waals surface area contributed by atoms with Gasteiger partial charge in [-0.2, -0.15) is 5.10 Å². The number of fused-ring (bicyclic) bond motifs is 1. The molecule has 29 heavy (non-hydrogen) atoms. The Morgan fingerprint density at radius 3 is 2.97 bits per heavy atom. The van der Waals surface area contributed by atoms with Gasteiger partial charge in [-0.05, 0) is 36.1 Å². The average Bonchev–Trinajstić information content (AvgIpc) is 3.43. The van der Waals surface area contributed by atoms with Gasteiger partial charge in [0.2, 0.25) is 5.91 Å². The Morgan fingerprint density at radius 2 is 2.24 bits per heavy atom. The van der Waals surface area contributed by atoms with E-state index in [9.17, 15) is 18.4 Å². The summed E-state index contributed by atoms with van der Waals surface area (Å²) in [6.07, 6.45) is 0.802. The highest BCUT2D eigenvalue weighted by molar-refractivity contribution is 5.92. The Morgan fingerprint density at radius 1 is 1.38 bits per heavy atom. The van der Waals surface area contributed by atoms with Gasteiger partial charge in [0, 0.05) is 44.6 Å². The van der Waals surface area contributed by atoms with Crippen molar-refractivity contribution in [2.24, 2.45) is 0 Å². The number of ether oxygens (including phenoxy) is 1. The van der Waals surface area contributed by atoms with Gasteiger partial charge in [0.1, 0.15) is 11.8 Å². The van der Waals surface area contributed by atoms with Crippen molar-refractivity contribution in [3.8, 4) is 0 Å². The number of pyridine rings is 1. The van der Waals surface area contributed by atoms with Gasteiger partial charge < -0.3 is 15.0 Å². The number of aromatic amines is 1. The molecule has 1 fully saturated rings. The standard InChI is InChI=1S/C19H21F2N5O3/c20-17(21)14-7-15(25-24-14)19(28)26-4-3-13-12(10-26)6-11(8-22-13)9-23-18(27)16-2-1-5-29-16/h6-8,16-17H,1-5,9-10H2,(H,23,27)(H,24,25)/t16-/m0/s1. The van der Waals surface area contributed by atoms with E-state index in [1.807, 2.05) is 6.07 Å². The summed E-state index contributed by atoms with van der Waals surface area (Å²) in [6, 6.07) is 2.99. The number of H-pyrrole nitrogens is 1. The smallest absolute Gasteiger partial charge is 0.279 e. The van der Waals surface area contributed by atoms with Gasteiger partial charge in [-0.15, -0.1) is 0 Å². The predicted molar refractivity (Wildman–Crippen MR) is 97.0 cm³/mol. The number of aromatic nitrogens is 3. The molecule has 2 aromatic rings. The molecule has 2 aliphatic heterocycles. The molecule has 0 spiro atoms. The topological polar surface area (TPSA) is 100 Å². The number of nitrogens with zero attached hydrogens (tertiary/aromatic N) is 3. The van der Waals surface area contributed by atoms with Gasteiger partial charge >= 0.3 is 0 Å². The number of rotatable bonds is 5. The van der Waals surface area contributed by atoms with Crippen molar-refractivity contribution >= 4 is 11.8 Å². The molecule has 0 unspecified atom stereocenters. The van der Waals surface area contributed by atoms with Gasteiger partial charge in [-0.25, -0.2) is 8.78 Å². The fourth-order valence-electron chi connectivity index (χ4n) is 3.55. The van der Waals surface area contributed by atoms with Gasteiger partial charge in [0.05, 0.1) is 0 Å². The van der Waals surface area contributed by atoms with Crippen LogP contribution in [0.4, 0.5) is 8.78 Å². The highest BCUT2D eigenvalue weighted by Crippen LogP contribution is 2.22. The molecule has 1 saturated heterocycles. The zero-order chi connectivity index (χ0) is 20.4. The maximum atomic E-state index is 12.7. The molecule has 8 nitrogen and oxygen atoms in total. The number of carbonyl (C=O) groups excluding carboxylic acids is 2. The van der Waals surface area contributed by atoms with Crippen molar-refractivity contribution in [3.05, 3.63) is 46.5 Å². The van der Waals surface area contributed by atoms with Crippen LogP contribution in [0.1, 0.15) is 52.3 Å². The summed E-state index contributed by atoms with van der Waals surface area (Å²) in [4.78, 5) is 30.7. The Labute approximate surface area is 165 Å². The van der Waals surface area contributed by atoms with Gasteiger partial charge in [-0.1, -0.05) is 0 Å². The van der Waals surface area contributed by atoms with Crippen LogP contribution in [0.5, 0.6) is 0 Å². The molecule has 154 valence electrons. The highest BCUT2D eigenvalue weighted by atomic mass is 19.3. The summed E-state index contributed by atoms with van der Waals surface area (Å²) >= 11 is 0.